The third-order valence-electron chi connectivity index (χ3n) is 3.49. The van der Waals surface area contributed by atoms with E-state index >= 15 is 0 Å². The predicted molar refractivity (Wildman–Crippen MR) is 91.5 cm³/mol. The molecule has 1 aromatic carbocycles. The third-order valence-corrected chi connectivity index (χ3v) is 3.93. The molecule has 0 amide bonds. The Hall–Kier alpha value is -2.28. The predicted octanol–water partition coefficient (Wildman–Crippen LogP) is 3.21. The van der Waals surface area contributed by atoms with Crippen LogP contribution in [-0.2, 0) is 13.1 Å². The van der Waals surface area contributed by atoms with Crippen LogP contribution >= 0.6 is 12.2 Å². The topological polar surface area (TPSA) is 64.3 Å². The summed E-state index contributed by atoms with van der Waals surface area (Å²) in [5.41, 5.74) is 3.18. The maximum atomic E-state index is 5.50. The maximum absolute atomic E-state index is 5.50. The Balaban J connectivity index is 1.82. The number of nitrogens with zero attached hydrogens (tertiary/aromatic N) is 5. The SMILES string of the molecule is Cc1cccc(Cn2nnc(-c3c[nH]n(CC(C)C)c3=S)n2)c1. The lowest BCUT2D eigenvalue weighted by Crippen LogP contribution is -2.05. The van der Waals surface area contributed by atoms with Crippen LogP contribution in [-0.4, -0.2) is 30.0 Å². The number of benzene rings is 1. The quantitative estimate of drug-likeness (QED) is 0.731. The molecule has 7 heteroatoms. The highest BCUT2D eigenvalue weighted by atomic mass is 32.1. The van der Waals surface area contributed by atoms with Crippen LogP contribution in [0.25, 0.3) is 11.4 Å². The molecule has 3 aromatic rings. The van der Waals surface area contributed by atoms with Gasteiger partial charge in [0.2, 0.25) is 5.82 Å². The highest BCUT2D eigenvalue weighted by Crippen LogP contribution is 2.16. The summed E-state index contributed by atoms with van der Waals surface area (Å²) >= 11 is 5.50. The van der Waals surface area contributed by atoms with E-state index in [4.69, 9.17) is 12.2 Å². The van der Waals surface area contributed by atoms with Gasteiger partial charge in [-0.1, -0.05) is 55.9 Å². The highest BCUT2D eigenvalue weighted by molar-refractivity contribution is 7.71. The molecule has 0 aliphatic carbocycles. The zero-order chi connectivity index (χ0) is 16.4. The van der Waals surface area contributed by atoms with Gasteiger partial charge in [-0.2, -0.15) is 4.80 Å². The molecule has 2 heterocycles. The summed E-state index contributed by atoms with van der Waals surface area (Å²) in [4.78, 5) is 1.60. The lowest BCUT2D eigenvalue weighted by molar-refractivity contribution is 0.479. The van der Waals surface area contributed by atoms with Crippen molar-refractivity contribution in [2.75, 3.05) is 0 Å². The van der Waals surface area contributed by atoms with Crippen LogP contribution in [0.15, 0.2) is 30.5 Å². The molecule has 0 aliphatic rings. The molecule has 23 heavy (non-hydrogen) atoms. The van der Waals surface area contributed by atoms with Gasteiger partial charge in [-0.3, -0.25) is 4.68 Å². The second-order valence-electron chi connectivity index (χ2n) is 6.13. The Morgan fingerprint density at radius 3 is 2.87 bits per heavy atom. The molecule has 0 spiro atoms. The lowest BCUT2D eigenvalue weighted by Gasteiger charge is -2.04. The van der Waals surface area contributed by atoms with Crippen LogP contribution in [0.5, 0.6) is 0 Å². The number of hydrogen-bond donors (Lipinski definition) is 1. The number of rotatable bonds is 5. The van der Waals surface area contributed by atoms with E-state index < -0.39 is 0 Å². The number of hydrogen-bond acceptors (Lipinski definition) is 4. The molecular weight excluding hydrogens is 308 g/mol. The number of tetrazole rings is 1. The zero-order valence-corrected chi connectivity index (χ0v) is 14.3. The molecule has 0 bridgehead atoms. The van der Waals surface area contributed by atoms with Gasteiger partial charge in [0.25, 0.3) is 0 Å². The smallest absolute Gasteiger partial charge is 0.209 e. The Bertz CT molecular complexity index is 857. The standard InChI is InChI=1S/C16H20N6S/c1-11(2)9-21-16(23)14(8-17-21)15-18-20-22(19-15)10-13-6-4-5-12(3)7-13/h4-8,11,17H,9-10H2,1-3H3. The molecule has 3 rings (SSSR count). The fourth-order valence-corrected chi connectivity index (χ4v) is 2.74. The fourth-order valence-electron chi connectivity index (χ4n) is 2.46. The van der Waals surface area contributed by atoms with Gasteiger partial charge in [-0.05, 0) is 23.6 Å². The number of aromatic amines is 1. The van der Waals surface area contributed by atoms with Crippen LogP contribution < -0.4 is 0 Å². The number of nitrogens with one attached hydrogen (secondary N) is 1. The normalized spacial score (nSPS) is 11.3. The lowest BCUT2D eigenvalue weighted by atomic mass is 10.1. The molecule has 0 saturated heterocycles. The molecule has 0 saturated carbocycles. The summed E-state index contributed by atoms with van der Waals surface area (Å²) in [6.45, 7) is 7.81. The van der Waals surface area contributed by atoms with Crippen molar-refractivity contribution in [2.24, 2.45) is 5.92 Å². The Kier molecular flexibility index (Phi) is 4.38. The van der Waals surface area contributed by atoms with Crippen LogP contribution in [0.2, 0.25) is 0 Å². The minimum atomic E-state index is 0.512. The Morgan fingerprint density at radius 2 is 2.13 bits per heavy atom. The van der Waals surface area contributed by atoms with Crippen molar-refractivity contribution in [2.45, 2.75) is 33.9 Å². The minimum Gasteiger partial charge on any atom is -0.304 e. The summed E-state index contributed by atoms with van der Waals surface area (Å²) in [6, 6.07) is 8.28. The van der Waals surface area contributed by atoms with E-state index in [1.807, 2.05) is 16.9 Å². The molecule has 0 atom stereocenters. The van der Waals surface area contributed by atoms with Gasteiger partial charge < -0.3 is 5.10 Å². The summed E-state index contributed by atoms with van der Waals surface area (Å²) in [5, 5.41) is 15.9. The average Bonchev–Trinajstić information content (AvgIpc) is 3.07. The number of H-pyrrole nitrogens is 1. The van der Waals surface area contributed by atoms with E-state index in [1.54, 1.807) is 4.80 Å². The summed E-state index contributed by atoms with van der Waals surface area (Å²) in [5.74, 6) is 1.07. The Morgan fingerprint density at radius 1 is 1.30 bits per heavy atom. The first-order valence-electron chi connectivity index (χ1n) is 7.65. The summed E-state index contributed by atoms with van der Waals surface area (Å²) in [7, 11) is 0. The molecule has 1 N–H and O–H groups in total. The van der Waals surface area contributed by atoms with Gasteiger partial charge in [0.15, 0.2) is 0 Å². The maximum Gasteiger partial charge on any atom is 0.209 e. The summed E-state index contributed by atoms with van der Waals surface area (Å²) in [6.07, 6.45) is 1.85. The van der Waals surface area contributed by atoms with Gasteiger partial charge >= 0.3 is 0 Å². The van der Waals surface area contributed by atoms with Gasteiger partial charge in [0.05, 0.1) is 12.1 Å². The van der Waals surface area contributed by atoms with Gasteiger partial charge in [-0.25, -0.2) is 0 Å². The largest absolute Gasteiger partial charge is 0.304 e. The van der Waals surface area contributed by atoms with E-state index in [1.165, 1.54) is 5.56 Å². The van der Waals surface area contributed by atoms with Crippen LogP contribution in [0.1, 0.15) is 25.0 Å². The molecule has 0 fully saturated rings. The zero-order valence-electron chi connectivity index (χ0n) is 13.5. The van der Waals surface area contributed by atoms with E-state index in [-0.39, 0.29) is 0 Å². The molecule has 6 nitrogen and oxygen atoms in total. The minimum absolute atomic E-state index is 0.512. The fraction of sp³-hybridized carbons (Fsp3) is 0.375. The van der Waals surface area contributed by atoms with E-state index in [2.05, 4.69) is 59.5 Å². The van der Waals surface area contributed by atoms with Crippen molar-refractivity contribution in [1.29, 1.82) is 0 Å². The van der Waals surface area contributed by atoms with Gasteiger partial charge in [-0.15, -0.1) is 10.2 Å². The number of aromatic nitrogens is 6. The third kappa shape index (κ3) is 3.56. The molecule has 2 aromatic heterocycles. The molecule has 0 aliphatic heterocycles. The molecule has 120 valence electrons. The van der Waals surface area contributed by atoms with Crippen molar-refractivity contribution in [3.8, 4) is 11.4 Å². The van der Waals surface area contributed by atoms with Crippen molar-refractivity contribution in [1.82, 2.24) is 30.0 Å². The van der Waals surface area contributed by atoms with Gasteiger partial charge in [0, 0.05) is 12.7 Å². The summed E-state index contributed by atoms with van der Waals surface area (Å²) < 4.78 is 2.66. The van der Waals surface area contributed by atoms with Crippen LogP contribution in [0, 0.1) is 17.5 Å². The average molecular weight is 328 g/mol. The number of aryl methyl sites for hydroxylation is 1. The highest BCUT2D eigenvalue weighted by Gasteiger charge is 2.12. The Labute approximate surface area is 140 Å². The first-order valence-corrected chi connectivity index (χ1v) is 8.05. The van der Waals surface area contributed by atoms with E-state index in [0.717, 1.165) is 17.7 Å². The van der Waals surface area contributed by atoms with E-state index in [9.17, 15) is 0 Å². The van der Waals surface area contributed by atoms with Gasteiger partial charge in [0.1, 0.15) is 4.64 Å². The molecule has 0 radical (unpaired) electrons. The molecular formula is C16H20N6S. The van der Waals surface area contributed by atoms with E-state index in [0.29, 0.717) is 22.9 Å². The van der Waals surface area contributed by atoms with Crippen LogP contribution in [0.4, 0.5) is 0 Å². The second kappa shape index (κ2) is 6.45. The molecule has 0 unspecified atom stereocenters. The van der Waals surface area contributed by atoms with Crippen molar-refractivity contribution >= 4 is 12.2 Å². The van der Waals surface area contributed by atoms with Crippen molar-refractivity contribution in [3.63, 3.8) is 0 Å². The second-order valence-corrected chi connectivity index (χ2v) is 6.52. The first-order chi connectivity index (χ1) is 11.0. The van der Waals surface area contributed by atoms with Crippen LogP contribution in [0.3, 0.4) is 0 Å². The first kappa shape index (κ1) is 15.6. The van der Waals surface area contributed by atoms with Crippen molar-refractivity contribution < 1.29 is 0 Å². The monoisotopic (exact) mass is 328 g/mol. The van der Waals surface area contributed by atoms with Crippen molar-refractivity contribution in [3.05, 3.63) is 46.2 Å².